The lowest BCUT2D eigenvalue weighted by molar-refractivity contribution is -0.144. The minimum absolute atomic E-state index is 0.00921. The Kier molecular flexibility index (Phi) is 18.1. The number of ether oxygens (including phenoxy) is 1. The van der Waals surface area contributed by atoms with Gasteiger partial charge in [-0.25, -0.2) is 4.98 Å². The van der Waals surface area contributed by atoms with Crippen LogP contribution in [0.1, 0.15) is 107 Å². The number of aromatic hydroxyl groups is 1. The lowest BCUT2D eigenvalue weighted by Crippen LogP contribution is -2.57. The fourth-order valence-corrected chi connectivity index (χ4v) is 9.38. The van der Waals surface area contributed by atoms with E-state index in [-0.39, 0.29) is 49.4 Å². The maximum Gasteiger partial charge on any atom is 0.246 e. The highest BCUT2D eigenvalue weighted by molar-refractivity contribution is 7.13. The van der Waals surface area contributed by atoms with Crippen molar-refractivity contribution in [1.29, 1.82) is 0 Å². The Morgan fingerprint density at radius 2 is 1.51 bits per heavy atom. The number of aromatic nitrogens is 1. The largest absolute Gasteiger partial charge is 0.508 e. The van der Waals surface area contributed by atoms with E-state index < -0.39 is 29.5 Å². The summed E-state index contributed by atoms with van der Waals surface area (Å²) in [5.74, 6) is -0.0465. The molecule has 1 fully saturated rings. The van der Waals surface area contributed by atoms with E-state index in [1.165, 1.54) is 10.5 Å². The highest BCUT2D eigenvalue weighted by Gasteiger charge is 2.44. The lowest BCUT2D eigenvalue weighted by Gasteiger charge is -2.35. The van der Waals surface area contributed by atoms with Crippen LogP contribution in [-0.2, 0) is 25.7 Å². The normalized spacial score (nSPS) is 15.6. The summed E-state index contributed by atoms with van der Waals surface area (Å²) in [6.45, 7) is 10.8. The van der Waals surface area contributed by atoms with Crippen LogP contribution in [0.25, 0.3) is 21.6 Å². The van der Waals surface area contributed by atoms with Gasteiger partial charge in [0.25, 0.3) is 0 Å². The molecule has 3 atom stereocenters. The fourth-order valence-electron chi connectivity index (χ4n) is 8.57. The first kappa shape index (κ1) is 51.1. The molecule has 1 aromatic heterocycles. The first-order valence-electron chi connectivity index (χ1n) is 23.7. The SMILES string of the molecule is CC/C(=C(/c1ccc(O)cc1)c1ccc(OCCN(C)C(=O)CCCCCCC(=O)N[C@H](C(=O)N2C[C@H](O)C[C@H]2C(=O)NCc2ccc(-c3scnc3C)cc2)C(C)(C)C)cc1)c1ccccc1. The Labute approximate surface area is 405 Å². The molecule has 1 aliphatic rings. The number of aryl methyl sites for hydroxylation is 1. The van der Waals surface area contributed by atoms with Crippen LogP contribution in [0.15, 0.2) is 109 Å². The minimum Gasteiger partial charge on any atom is -0.508 e. The molecule has 360 valence electrons. The standard InChI is InChI=1S/C55H67N5O7S/c1-7-46(39-15-11-10-12-16-39)50(40-23-27-43(61)28-24-40)41-25-29-45(30-26-41)67-32-31-59(6)49(64)18-14-9-8-13-17-48(63)58-52(55(3,4)5)54(66)60-35-44(62)33-47(60)53(65)56-34-38-19-21-42(22-20-38)51-37(2)57-36-68-51/h10-12,15-16,19-30,36,44,47,52,61-62H,7-9,13-14,17-18,31-35H2,1-6H3,(H,56,65)(H,58,63)/b50-46+/t44-,47+,52-/m1/s1. The summed E-state index contributed by atoms with van der Waals surface area (Å²) in [6, 6.07) is 31.7. The van der Waals surface area contributed by atoms with Gasteiger partial charge < -0.3 is 35.4 Å². The van der Waals surface area contributed by atoms with Crippen LogP contribution in [0.5, 0.6) is 11.5 Å². The molecular weight excluding hydrogens is 875 g/mol. The van der Waals surface area contributed by atoms with Crippen molar-refractivity contribution in [3.63, 3.8) is 0 Å². The first-order chi connectivity index (χ1) is 32.6. The van der Waals surface area contributed by atoms with Gasteiger partial charge in [-0.05, 0) is 94.8 Å². The summed E-state index contributed by atoms with van der Waals surface area (Å²) < 4.78 is 6.05. The van der Waals surface area contributed by atoms with Crippen molar-refractivity contribution < 1.29 is 34.1 Å². The molecule has 4 amide bonds. The molecule has 0 radical (unpaired) electrons. The number of carbonyl (C=O) groups is 4. The molecule has 13 heteroatoms. The third kappa shape index (κ3) is 13.9. The van der Waals surface area contributed by atoms with E-state index >= 15 is 0 Å². The summed E-state index contributed by atoms with van der Waals surface area (Å²) in [5.41, 5.74) is 9.57. The number of aliphatic hydroxyl groups excluding tert-OH is 1. The molecule has 0 aliphatic carbocycles. The molecule has 4 N–H and O–H groups in total. The van der Waals surface area contributed by atoms with Gasteiger partial charge in [-0.2, -0.15) is 0 Å². The Hall–Kier alpha value is -6.31. The molecule has 5 aromatic rings. The molecular formula is C55H67N5O7S. The van der Waals surface area contributed by atoms with Gasteiger partial charge in [-0.1, -0.05) is 119 Å². The third-order valence-corrected chi connectivity index (χ3v) is 13.4. The van der Waals surface area contributed by atoms with E-state index in [9.17, 15) is 29.4 Å². The smallest absolute Gasteiger partial charge is 0.246 e. The number of likely N-dealkylation sites (N-methyl/N-ethyl adjacent to an activating group) is 1. The maximum atomic E-state index is 14.0. The molecule has 1 saturated heterocycles. The van der Waals surface area contributed by atoms with Gasteiger partial charge in [0.05, 0.1) is 28.7 Å². The van der Waals surface area contributed by atoms with Gasteiger partial charge in [-0.3, -0.25) is 19.2 Å². The predicted octanol–water partition coefficient (Wildman–Crippen LogP) is 9.18. The number of carbonyl (C=O) groups excluding carboxylic acids is 4. The highest BCUT2D eigenvalue weighted by Crippen LogP contribution is 2.36. The number of hydrogen-bond acceptors (Lipinski definition) is 9. The number of hydrogen-bond donors (Lipinski definition) is 4. The van der Waals surface area contributed by atoms with Gasteiger partial charge in [-0.15, -0.1) is 11.3 Å². The summed E-state index contributed by atoms with van der Waals surface area (Å²) in [7, 11) is 1.78. The van der Waals surface area contributed by atoms with E-state index in [1.54, 1.807) is 35.4 Å². The molecule has 12 nitrogen and oxygen atoms in total. The number of phenolic OH excluding ortho intramolecular Hbond substituents is 1. The van der Waals surface area contributed by atoms with Crippen LogP contribution < -0.4 is 15.4 Å². The van der Waals surface area contributed by atoms with Crippen molar-refractivity contribution in [3.05, 3.63) is 137 Å². The van der Waals surface area contributed by atoms with Crippen LogP contribution in [0, 0.1) is 12.3 Å². The average molecular weight is 942 g/mol. The Morgan fingerprint density at radius 1 is 0.868 bits per heavy atom. The van der Waals surface area contributed by atoms with E-state index in [2.05, 4.69) is 34.7 Å². The zero-order valence-corrected chi connectivity index (χ0v) is 41.1. The number of nitrogens with zero attached hydrogens (tertiary/aromatic N) is 3. The number of amides is 4. The Balaban J connectivity index is 0.904. The van der Waals surface area contributed by atoms with Crippen LogP contribution >= 0.6 is 11.3 Å². The van der Waals surface area contributed by atoms with Crippen molar-refractivity contribution in [2.24, 2.45) is 5.41 Å². The molecule has 4 aromatic carbocycles. The van der Waals surface area contributed by atoms with Gasteiger partial charge in [0, 0.05) is 39.4 Å². The highest BCUT2D eigenvalue weighted by atomic mass is 32.1. The molecule has 68 heavy (non-hydrogen) atoms. The molecule has 0 spiro atoms. The molecule has 0 bridgehead atoms. The first-order valence-corrected chi connectivity index (χ1v) is 24.6. The quantitative estimate of drug-likeness (QED) is 0.0419. The number of aliphatic hydroxyl groups is 1. The van der Waals surface area contributed by atoms with E-state index in [0.717, 1.165) is 63.2 Å². The number of thiazole rings is 1. The number of nitrogens with one attached hydrogen (secondary N) is 2. The second-order valence-electron chi connectivity index (χ2n) is 18.7. The van der Waals surface area contributed by atoms with Crippen molar-refractivity contribution in [1.82, 2.24) is 25.4 Å². The second kappa shape index (κ2) is 24.1. The number of benzene rings is 4. The van der Waals surface area contributed by atoms with Crippen molar-refractivity contribution in [2.45, 2.75) is 111 Å². The average Bonchev–Trinajstić information content (AvgIpc) is 3.95. The second-order valence-corrected chi connectivity index (χ2v) is 19.5. The summed E-state index contributed by atoms with van der Waals surface area (Å²) in [6.07, 6.45) is 3.52. The predicted molar refractivity (Wildman–Crippen MR) is 270 cm³/mol. The summed E-state index contributed by atoms with van der Waals surface area (Å²) in [5, 5.41) is 26.4. The fraction of sp³-hybridized carbons (Fsp3) is 0.400. The van der Waals surface area contributed by atoms with E-state index in [4.69, 9.17) is 4.74 Å². The van der Waals surface area contributed by atoms with Crippen LogP contribution in [0.4, 0.5) is 0 Å². The molecule has 1 aliphatic heterocycles. The van der Waals surface area contributed by atoms with Crippen LogP contribution in [0.2, 0.25) is 0 Å². The van der Waals surface area contributed by atoms with E-state index in [1.807, 2.05) is 112 Å². The summed E-state index contributed by atoms with van der Waals surface area (Å²) >= 11 is 1.58. The number of likely N-dealkylation sites (tertiary alicyclic amines) is 1. The number of allylic oxidation sites excluding steroid dienone is 1. The van der Waals surface area contributed by atoms with Crippen molar-refractivity contribution >= 4 is 46.1 Å². The van der Waals surface area contributed by atoms with Gasteiger partial charge in [0.1, 0.15) is 30.2 Å². The van der Waals surface area contributed by atoms with Gasteiger partial charge in [0.15, 0.2) is 0 Å². The molecule has 0 unspecified atom stereocenters. The summed E-state index contributed by atoms with van der Waals surface area (Å²) in [4.78, 5) is 62.2. The van der Waals surface area contributed by atoms with Gasteiger partial charge in [0.2, 0.25) is 23.6 Å². The molecule has 0 saturated carbocycles. The third-order valence-electron chi connectivity index (χ3n) is 12.5. The number of rotatable bonds is 21. The Bertz CT molecular complexity index is 2480. The minimum atomic E-state index is -0.893. The maximum absolute atomic E-state index is 14.0. The zero-order valence-electron chi connectivity index (χ0n) is 40.3. The van der Waals surface area contributed by atoms with Crippen LogP contribution in [0.3, 0.4) is 0 Å². The molecule has 6 rings (SSSR count). The number of unbranched alkanes of at least 4 members (excludes halogenated alkanes) is 3. The van der Waals surface area contributed by atoms with E-state index in [0.29, 0.717) is 38.2 Å². The number of β-amino-alcohol motifs (C(OH)–C–C–N with tert-alkyl or cyclic N) is 1. The monoisotopic (exact) mass is 941 g/mol. The van der Waals surface area contributed by atoms with Crippen molar-refractivity contribution in [2.75, 3.05) is 26.7 Å². The zero-order chi connectivity index (χ0) is 48.8. The lowest BCUT2D eigenvalue weighted by atomic mass is 9.85. The Morgan fingerprint density at radius 3 is 2.13 bits per heavy atom. The molecule has 2 heterocycles. The van der Waals surface area contributed by atoms with Crippen molar-refractivity contribution in [3.8, 4) is 21.9 Å². The van der Waals surface area contributed by atoms with Gasteiger partial charge >= 0.3 is 0 Å². The topological polar surface area (TPSA) is 161 Å². The van der Waals surface area contributed by atoms with Crippen LogP contribution in [-0.4, -0.2) is 93.6 Å². The number of phenols is 1.